The molecule has 0 amide bonds. The Kier molecular flexibility index (Phi) is 7.97. The summed E-state index contributed by atoms with van der Waals surface area (Å²) in [5.41, 5.74) is -0.543. The summed E-state index contributed by atoms with van der Waals surface area (Å²) < 4.78 is 21.8. The Bertz CT molecular complexity index is 522. The van der Waals surface area contributed by atoms with E-state index in [1.54, 1.807) is 0 Å². The maximum absolute atomic E-state index is 15.3. The van der Waals surface area contributed by atoms with Gasteiger partial charge in [0.1, 0.15) is 12.0 Å². The zero-order chi connectivity index (χ0) is 21.2. The van der Waals surface area contributed by atoms with E-state index in [1.165, 1.54) is 6.42 Å². The van der Waals surface area contributed by atoms with E-state index in [4.69, 9.17) is 4.43 Å². The van der Waals surface area contributed by atoms with Crippen LogP contribution >= 0.6 is 0 Å². The van der Waals surface area contributed by atoms with Crippen LogP contribution < -0.4 is 0 Å². The number of carbonyl (C=O) groups is 1. The first-order valence-electron chi connectivity index (χ1n) is 11.9. The molecule has 0 radical (unpaired) electrons. The quantitative estimate of drug-likeness (QED) is 0.351. The molecule has 0 unspecified atom stereocenters. The predicted molar refractivity (Wildman–Crippen MR) is 119 cm³/mol. The van der Waals surface area contributed by atoms with Crippen LogP contribution in [0.15, 0.2) is 0 Å². The van der Waals surface area contributed by atoms with Crippen molar-refractivity contribution in [3.63, 3.8) is 0 Å². The molecule has 5 atom stereocenters. The van der Waals surface area contributed by atoms with Crippen LogP contribution in [0.1, 0.15) is 93.4 Å². The molecule has 0 heterocycles. The highest BCUT2D eigenvalue weighted by Gasteiger charge is 2.52. The van der Waals surface area contributed by atoms with Gasteiger partial charge in [0, 0.05) is 12.3 Å². The van der Waals surface area contributed by atoms with Gasteiger partial charge in [-0.3, -0.25) is 4.79 Å². The van der Waals surface area contributed by atoms with E-state index in [0.29, 0.717) is 24.0 Å². The van der Waals surface area contributed by atoms with E-state index in [2.05, 4.69) is 34.6 Å². The van der Waals surface area contributed by atoms with E-state index in [1.807, 2.05) is 13.8 Å². The topological polar surface area (TPSA) is 26.3 Å². The largest absolute Gasteiger partial charge is 0.409 e. The van der Waals surface area contributed by atoms with Gasteiger partial charge in [-0.05, 0) is 87.8 Å². The van der Waals surface area contributed by atoms with Crippen molar-refractivity contribution < 1.29 is 13.6 Å². The highest BCUT2D eigenvalue weighted by atomic mass is 28.4. The van der Waals surface area contributed by atoms with Gasteiger partial charge in [-0.2, -0.15) is 0 Å². The van der Waals surface area contributed by atoms with E-state index in [0.717, 1.165) is 50.2 Å². The molecular formula is C24H45FO2Si. The Hall–Kier alpha value is -0.223. The van der Waals surface area contributed by atoms with E-state index < -0.39 is 20.1 Å². The fourth-order valence-corrected chi connectivity index (χ4v) is 9.63. The fraction of sp³-hybridized carbons (Fsp3) is 0.958. The van der Waals surface area contributed by atoms with Crippen LogP contribution in [0.5, 0.6) is 0 Å². The molecular weight excluding hydrogens is 367 g/mol. The first-order chi connectivity index (χ1) is 13.0. The van der Waals surface area contributed by atoms with Gasteiger partial charge in [0.15, 0.2) is 8.32 Å². The van der Waals surface area contributed by atoms with Crippen LogP contribution in [-0.4, -0.2) is 25.9 Å². The number of hydrogen-bond donors (Lipinski definition) is 0. The zero-order valence-corrected chi connectivity index (χ0v) is 20.6. The highest BCUT2D eigenvalue weighted by Crippen LogP contribution is 2.57. The van der Waals surface area contributed by atoms with Gasteiger partial charge < -0.3 is 4.43 Å². The minimum atomic E-state index is -1.82. The first kappa shape index (κ1) is 24.1. The molecule has 0 aromatic carbocycles. The van der Waals surface area contributed by atoms with E-state index in [9.17, 15) is 4.79 Å². The number of carbonyl (C=O) groups excluding carboxylic acids is 1. The van der Waals surface area contributed by atoms with Gasteiger partial charge in [-0.1, -0.05) is 34.6 Å². The van der Waals surface area contributed by atoms with Gasteiger partial charge in [0.05, 0.1) is 5.60 Å². The Morgan fingerprint density at radius 1 is 1.18 bits per heavy atom. The minimum absolute atomic E-state index is 0.154. The third kappa shape index (κ3) is 4.74. The lowest BCUT2D eigenvalue weighted by Gasteiger charge is -2.43. The summed E-state index contributed by atoms with van der Waals surface area (Å²) in [5.74, 6) is 1.79. The summed E-state index contributed by atoms with van der Waals surface area (Å²) in [5, 5.41) is 0. The van der Waals surface area contributed by atoms with Crippen molar-refractivity contribution in [2.45, 2.75) is 123 Å². The van der Waals surface area contributed by atoms with Gasteiger partial charge >= 0.3 is 0 Å². The fourth-order valence-electron chi connectivity index (χ4n) is 6.45. The summed E-state index contributed by atoms with van der Waals surface area (Å²) in [6, 6.07) is 3.17. The average Bonchev–Trinajstić information content (AvgIpc) is 3.02. The molecule has 2 aliphatic rings. The molecule has 2 saturated carbocycles. The number of hydrogen-bond acceptors (Lipinski definition) is 2. The summed E-state index contributed by atoms with van der Waals surface area (Å²) in [7, 11) is -1.82. The van der Waals surface area contributed by atoms with Crippen LogP contribution in [0.25, 0.3) is 0 Å². The van der Waals surface area contributed by atoms with Crippen molar-refractivity contribution in [3.8, 4) is 0 Å². The number of rotatable bonds is 10. The molecule has 2 nitrogen and oxygen atoms in total. The monoisotopic (exact) mass is 412 g/mol. The lowest BCUT2D eigenvalue weighted by atomic mass is 9.62. The Balaban J connectivity index is 1.96. The highest BCUT2D eigenvalue weighted by molar-refractivity contribution is 6.73. The van der Waals surface area contributed by atoms with Crippen LogP contribution in [0.2, 0.25) is 18.1 Å². The number of Topliss-reactive ketones (excluding diaryl/α,β-unsaturated/α-hetero) is 1. The number of ketones is 1. The van der Waals surface area contributed by atoms with Crippen molar-refractivity contribution in [2.75, 3.05) is 0 Å². The third-order valence-corrected chi connectivity index (χ3v) is 13.5. The van der Waals surface area contributed by atoms with Crippen molar-refractivity contribution in [1.29, 1.82) is 0 Å². The van der Waals surface area contributed by atoms with Crippen LogP contribution in [0, 0.1) is 23.2 Å². The molecule has 28 heavy (non-hydrogen) atoms. The molecule has 0 bridgehead atoms. The normalized spacial score (nSPS) is 30.9. The number of alkyl halides is 1. The molecule has 164 valence electrons. The summed E-state index contributed by atoms with van der Waals surface area (Å²) in [6.07, 6.45) is 5.72. The van der Waals surface area contributed by atoms with Crippen molar-refractivity contribution in [1.82, 2.24) is 0 Å². The summed E-state index contributed by atoms with van der Waals surface area (Å²) in [6.45, 7) is 15.1. The Morgan fingerprint density at radius 2 is 1.79 bits per heavy atom. The maximum atomic E-state index is 15.3. The SMILES string of the molecule is CC[Si](CC)(CC)OC(C)(C)[C@@H](F)CC[C@@H](C)[C@H]1CC[C@H]2C(=O)CCC[C@]12C. The van der Waals surface area contributed by atoms with E-state index in [-0.39, 0.29) is 11.3 Å². The van der Waals surface area contributed by atoms with Crippen molar-refractivity contribution in [2.24, 2.45) is 23.2 Å². The lowest BCUT2D eigenvalue weighted by Crippen LogP contribution is -2.49. The maximum Gasteiger partial charge on any atom is 0.192 e. The second kappa shape index (κ2) is 9.28. The van der Waals surface area contributed by atoms with Crippen LogP contribution in [-0.2, 0) is 9.22 Å². The molecule has 4 heteroatoms. The smallest absolute Gasteiger partial charge is 0.192 e. The molecule has 0 N–H and O–H groups in total. The first-order valence-corrected chi connectivity index (χ1v) is 14.4. The minimum Gasteiger partial charge on any atom is -0.409 e. The van der Waals surface area contributed by atoms with Crippen molar-refractivity contribution >= 4 is 14.1 Å². The summed E-state index contributed by atoms with van der Waals surface area (Å²) >= 11 is 0. The third-order valence-electron chi connectivity index (χ3n) is 8.67. The van der Waals surface area contributed by atoms with Crippen LogP contribution in [0.3, 0.4) is 0 Å². The van der Waals surface area contributed by atoms with Gasteiger partial charge in [0.25, 0.3) is 0 Å². The van der Waals surface area contributed by atoms with Gasteiger partial charge in [0.2, 0.25) is 0 Å². The standard InChI is InChI=1S/C24H45FO2Si/c1-8-28(9-2,10-3)27-23(5,6)22(25)16-13-18(4)19-14-15-20-21(26)12-11-17-24(19,20)7/h18-20,22H,8-17H2,1-7H3/t18-,19-,20+,22+,24-/m1/s1. The molecule has 2 rings (SSSR count). The second-order valence-corrected chi connectivity index (χ2v) is 15.2. The molecule has 2 fully saturated rings. The summed E-state index contributed by atoms with van der Waals surface area (Å²) in [4.78, 5) is 12.4. The Labute approximate surface area is 174 Å². The van der Waals surface area contributed by atoms with E-state index >= 15 is 4.39 Å². The zero-order valence-electron chi connectivity index (χ0n) is 19.6. The number of fused-ring (bicyclic) bond motifs is 1. The molecule has 2 aliphatic carbocycles. The average molecular weight is 413 g/mol. The molecule has 0 aliphatic heterocycles. The van der Waals surface area contributed by atoms with Crippen LogP contribution in [0.4, 0.5) is 4.39 Å². The second-order valence-electron chi connectivity index (χ2n) is 10.5. The van der Waals surface area contributed by atoms with Gasteiger partial charge in [-0.25, -0.2) is 4.39 Å². The molecule has 0 aromatic rings. The number of halogens is 1. The molecule has 0 saturated heterocycles. The molecule has 0 aromatic heterocycles. The Morgan fingerprint density at radius 3 is 2.36 bits per heavy atom. The van der Waals surface area contributed by atoms with Gasteiger partial charge in [-0.15, -0.1) is 0 Å². The van der Waals surface area contributed by atoms with Crippen molar-refractivity contribution in [3.05, 3.63) is 0 Å². The predicted octanol–water partition coefficient (Wildman–Crippen LogP) is 7.33. The lowest BCUT2D eigenvalue weighted by molar-refractivity contribution is -0.130. The molecule has 0 spiro atoms.